The Kier molecular flexibility index (Phi) is 5.82. The van der Waals surface area contributed by atoms with E-state index in [1.807, 2.05) is 37.4 Å². The standard InChI is InChI=1S/C29H37NO5/c1-28-11-6-12-29(18-34-29)26(28)13-22-23(27(32)35-25(22)14-28)16-30(2)15-20(31)17-33-24-10-5-8-19-7-3-4-9-21(19)24/h3-5,7-10,20,22-23,25-26,31H,6,11-18H2,1-2H3/t20-,22-,23+,25-,26-,28-,29+/m1/s1. The van der Waals surface area contributed by atoms with Crippen LogP contribution < -0.4 is 4.74 Å². The second-order valence-corrected chi connectivity index (χ2v) is 11.8. The summed E-state index contributed by atoms with van der Waals surface area (Å²) in [6.45, 7) is 4.52. The van der Waals surface area contributed by atoms with Gasteiger partial charge in [-0.25, -0.2) is 0 Å². The molecule has 2 heterocycles. The number of esters is 1. The fourth-order valence-corrected chi connectivity index (χ4v) is 7.50. The zero-order valence-electron chi connectivity index (χ0n) is 20.8. The molecular formula is C29H37NO5. The molecule has 0 aromatic heterocycles. The molecule has 2 aliphatic carbocycles. The summed E-state index contributed by atoms with van der Waals surface area (Å²) in [5.41, 5.74) is 0.279. The first-order chi connectivity index (χ1) is 16.9. The van der Waals surface area contributed by atoms with Crippen molar-refractivity contribution in [3.63, 3.8) is 0 Å². The quantitative estimate of drug-likeness (QED) is 0.477. The van der Waals surface area contributed by atoms with Gasteiger partial charge in [0.2, 0.25) is 0 Å². The minimum Gasteiger partial charge on any atom is -0.490 e. The average Bonchev–Trinajstić information content (AvgIpc) is 3.54. The lowest BCUT2D eigenvalue weighted by molar-refractivity contribution is -0.147. The number of rotatable bonds is 7. The van der Waals surface area contributed by atoms with Crippen LogP contribution in [0.2, 0.25) is 0 Å². The van der Waals surface area contributed by atoms with Crippen molar-refractivity contribution in [3.05, 3.63) is 42.5 Å². The van der Waals surface area contributed by atoms with Crippen LogP contribution in [0.25, 0.3) is 10.8 Å². The Bertz CT molecular complexity index is 1090. The van der Waals surface area contributed by atoms with Gasteiger partial charge in [0, 0.05) is 24.4 Å². The number of carbonyl (C=O) groups excluding carboxylic acids is 1. The van der Waals surface area contributed by atoms with Gasteiger partial charge in [-0.3, -0.25) is 4.79 Å². The number of epoxide rings is 1. The van der Waals surface area contributed by atoms with Gasteiger partial charge in [-0.05, 0) is 61.9 Å². The zero-order chi connectivity index (χ0) is 24.2. The van der Waals surface area contributed by atoms with Crippen LogP contribution in [-0.2, 0) is 14.3 Å². The molecule has 6 rings (SSSR count). The number of hydrogen-bond donors (Lipinski definition) is 1. The van der Waals surface area contributed by atoms with Crippen molar-refractivity contribution in [2.24, 2.45) is 23.2 Å². The molecular weight excluding hydrogens is 442 g/mol. The van der Waals surface area contributed by atoms with E-state index in [2.05, 4.69) is 24.0 Å². The highest BCUT2D eigenvalue weighted by molar-refractivity contribution is 5.88. The normalized spacial score (nSPS) is 36.6. The second kappa shape index (κ2) is 8.75. The maximum absolute atomic E-state index is 12.9. The Labute approximate surface area is 207 Å². The highest BCUT2D eigenvalue weighted by atomic mass is 16.6. The third-order valence-corrected chi connectivity index (χ3v) is 9.29. The summed E-state index contributed by atoms with van der Waals surface area (Å²) in [6.07, 6.45) is 4.92. The molecule has 1 N–H and O–H groups in total. The first-order valence-electron chi connectivity index (χ1n) is 13.2. The summed E-state index contributed by atoms with van der Waals surface area (Å²) in [6, 6.07) is 14.0. The molecule has 2 saturated heterocycles. The average molecular weight is 480 g/mol. The van der Waals surface area contributed by atoms with Crippen molar-refractivity contribution in [1.29, 1.82) is 0 Å². The van der Waals surface area contributed by atoms with Gasteiger partial charge in [-0.1, -0.05) is 43.3 Å². The number of nitrogens with zero attached hydrogens (tertiary/aromatic N) is 1. The Morgan fingerprint density at radius 1 is 1.20 bits per heavy atom. The molecule has 0 amide bonds. The molecule has 2 aliphatic heterocycles. The van der Waals surface area contributed by atoms with Gasteiger partial charge in [0.05, 0.1) is 18.1 Å². The first-order valence-corrected chi connectivity index (χ1v) is 13.2. The van der Waals surface area contributed by atoms with Crippen LogP contribution in [0.4, 0.5) is 0 Å². The van der Waals surface area contributed by atoms with E-state index in [0.29, 0.717) is 19.0 Å². The van der Waals surface area contributed by atoms with Crippen LogP contribution in [0.3, 0.4) is 0 Å². The predicted molar refractivity (Wildman–Crippen MR) is 133 cm³/mol. The third-order valence-electron chi connectivity index (χ3n) is 9.29. The number of carbonyl (C=O) groups is 1. The lowest BCUT2D eigenvalue weighted by atomic mass is 9.53. The summed E-state index contributed by atoms with van der Waals surface area (Å²) in [4.78, 5) is 15.0. The van der Waals surface area contributed by atoms with Gasteiger partial charge >= 0.3 is 5.97 Å². The van der Waals surface area contributed by atoms with Crippen molar-refractivity contribution in [3.8, 4) is 5.75 Å². The van der Waals surface area contributed by atoms with E-state index in [9.17, 15) is 9.90 Å². The van der Waals surface area contributed by atoms with E-state index < -0.39 is 6.10 Å². The van der Waals surface area contributed by atoms with Gasteiger partial charge in [0.25, 0.3) is 0 Å². The van der Waals surface area contributed by atoms with Gasteiger partial charge in [0.15, 0.2) is 0 Å². The summed E-state index contributed by atoms with van der Waals surface area (Å²) >= 11 is 0. The molecule has 1 spiro atoms. The lowest BCUT2D eigenvalue weighted by Gasteiger charge is -2.51. The second-order valence-electron chi connectivity index (χ2n) is 11.8. The van der Waals surface area contributed by atoms with Crippen LogP contribution in [0.5, 0.6) is 5.75 Å². The number of benzene rings is 2. The van der Waals surface area contributed by atoms with E-state index in [1.165, 1.54) is 12.8 Å². The number of aliphatic hydroxyl groups excluding tert-OH is 1. The first kappa shape index (κ1) is 23.3. The molecule has 4 aliphatic rings. The molecule has 2 aromatic rings. The third kappa shape index (κ3) is 4.24. The van der Waals surface area contributed by atoms with Crippen molar-refractivity contribution in [2.45, 2.75) is 56.8 Å². The minimum atomic E-state index is -0.650. The summed E-state index contributed by atoms with van der Waals surface area (Å²) in [5, 5.41) is 12.8. The summed E-state index contributed by atoms with van der Waals surface area (Å²) < 4.78 is 17.9. The maximum Gasteiger partial charge on any atom is 0.310 e. The van der Waals surface area contributed by atoms with Gasteiger partial charge in [-0.2, -0.15) is 0 Å². The number of aliphatic hydroxyl groups is 1. The van der Waals surface area contributed by atoms with Crippen molar-refractivity contribution >= 4 is 16.7 Å². The lowest BCUT2D eigenvalue weighted by Crippen LogP contribution is -2.51. The van der Waals surface area contributed by atoms with Gasteiger partial charge < -0.3 is 24.2 Å². The van der Waals surface area contributed by atoms with Crippen LogP contribution >= 0.6 is 0 Å². The van der Waals surface area contributed by atoms with Crippen molar-refractivity contribution in [1.82, 2.24) is 4.90 Å². The molecule has 0 unspecified atom stereocenters. The monoisotopic (exact) mass is 479 g/mol. The van der Waals surface area contributed by atoms with Crippen molar-refractivity contribution in [2.75, 3.05) is 33.4 Å². The molecule has 4 fully saturated rings. The molecule has 0 bridgehead atoms. The van der Waals surface area contributed by atoms with Crippen LogP contribution in [0, 0.1) is 23.2 Å². The highest BCUT2D eigenvalue weighted by Crippen LogP contribution is 2.62. The maximum atomic E-state index is 12.9. The molecule has 188 valence electrons. The fraction of sp³-hybridized carbons (Fsp3) is 0.621. The SMILES string of the molecule is CN(C[C@@H](O)COc1cccc2ccccc12)C[C@@H]1C(=O)O[C@@H]2C[C@@]3(C)CCC[C@]4(CO4)[C@@H]3C[C@H]12. The Balaban J connectivity index is 1.06. The van der Waals surface area contributed by atoms with Crippen LogP contribution in [0.1, 0.15) is 39.0 Å². The minimum absolute atomic E-state index is 0.0238. The molecule has 2 saturated carbocycles. The van der Waals surface area contributed by atoms with E-state index in [1.54, 1.807) is 0 Å². The van der Waals surface area contributed by atoms with Crippen molar-refractivity contribution < 1.29 is 24.1 Å². The van der Waals surface area contributed by atoms with Crippen LogP contribution in [-0.4, -0.2) is 67.1 Å². The number of hydrogen-bond acceptors (Lipinski definition) is 6. The Morgan fingerprint density at radius 2 is 2.00 bits per heavy atom. The van der Waals surface area contributed by atoms with E-state index in [0.717, 1.165) is 42.4 Å². The van der Waals surface area contributed by atoms with Crippen LogP contribution in [0.15, 0.2) is 42.5 Å². The molecule has 35 heavy (non-hydrogen) atoms. The summed E-state index contributed by atoms with van der Waals surface area (Å²) in [7, 11) is 1.97. The molecule has 2 aromatic carbocycles. The topological polar surface area (TPSA) is 71.5 Å². The Hall–Kier alpha value is -2.15. The zero-order valence-corrected chi connectivity index (χ0v) is 20.8. The predicted octanol–water partition coefficient (Wildman–Crippen LogP) is 4.04. The number of ether oxygens (including phenoxy) is 3. The fourth-order valence-electron chi connectivity index (χ4n) is 7.50. The summed E-state index contributed by atoms with van der Waals surface area (Å²) in [5.74, 6) is 1.33. The smallest absolute Gasteiger partial charge is 0.310 e. The molecule has 7 atom stereocenters. The van der Waals surface area contributed by atoms with E-state index in [-0.39, 0.29) is 41.5 Å². The number of fused-ring (bicyclic) bond motifs is 4. The molecule has 6 nitrogen and oxygen atoms in total. The van der Waals surface area contributed by atoms with E-state index in [4.69, 9.17) is 14.2 Å². The van der Waals surface area contributed by atoms with Gasteiger partial charge in [0.1, 0.15) is 24.6 Å². The molecule has 0 radical (unpaired) electrons. The van der Waals surface area contributed by atoms with Gasteiger partial charge in [-0.15, -0.1) is 0 Å². The number of likely N-dealkylation sites (N-methyl/N-ethyl adjacent to an activating group) is 1. The highest BCUT2D eigenvalue weighted by Gasteiger charge is 2.65. The van der Waals surface area contributed by atoms with E-state index >= 15 is 0 Å². The molecule has 6 heteroatoms. The largest absolute Gasteiger partial charge is 0.490 e. The Morgan fingerprint density at radius 3 is 2.83 bits per heavy atom.